The van der Waals surface area contributed by atoms with Crippen LogP contribution in [0.15, 0.2) is 0 Å². The third-order valence-electron chi connectivity index (χ3n) is 2.75. The van der Waals surface area contributed by atoms with Crippen LogP contribution in [-0.2, 0) is 9.53 Å². The van der Waals surface area contributed by atoms with Gasteiger partial charge in [0.05, 0.1) is 12.2 Å². The monoisotopic (exact) mass is 215 g/mol. The zero-order chi connectivity index (χ0) is 11.4. The van der Waals surface area contributed by atoms with Crippen LogP contribution in [0.1, 0.15) is 33.6 Å². The summed E-state index contributed by atoms with van der Waals surface area (Å²) in [6.45, 7) is 6.35. The van der Waals surface area contributed by atoms with Gasteiger partial charge in [0, 0.05) is 12.6 Å². The second-order valence-corrected chi connectivity index (χ2v) is 4.43. The normalized spacial score (nSPS) is 27.1. The Morgan fingerprint density at radius 2 is 2.27 bits per heavy atom. The minimum atomic E-state index is -0.389. The number of piperidine rings is 1. The van der Waals surface area contributed by atoms with Crippen LogP contribution in [0.25, 0.3) is 0 Å². The van der Waals surface area contributed by atoms with Gasteiger partial charge in [0.2, 0.25) is 5.91 Å². The van der Waals surface area contributed by atoms with E-state index in [4.69, 9.17) is 9.84 Å². The van der Waals surface area contributed by atoms with Gasteiger partial charge in [-0.15, -0.1) is 0 Å². The maximum absolute atomic E-state index is 11.3. The van der Waals surface area contributed by atoms with Crippen molar-refractivity contribution in [2.75, 3.05) is 13.2 Å². The van der Waals surface area contributed by atoms with Gasteiger partial charge in [0.1, 0.15) is 6.61 Å². The first-order valence-corrected chi connectivity index (χ1v) is 5.60. The van der Waals surface area contributed by atoms with Crippen molar-refractivity contribution in [3.05, 3.63) is 0 Å². The molecule has 0 radical (unpaired) electrons. The molecular weight excluding hydrogens is 194 g/mol. The van der Waals surface area contributed by atoms with Gasteiger partial charge in [0.15, 0.2) is 0 Å². The number of aliphatic hydroxyl groups is 1. The predicted molar refractivity (Wildman–Crippen MR) is 57.5 cm³/mol. The molecule has 15 heavy (non-hydrogen) atoms. The van der Waals surface area contributed by atoms with Crippen molar-refractivity contribution in [3.63, 3.8) is 0 Å². The molecule has 4 nitrogen and oxygen atoms in total. The summed E-state index contributed by atoms with van der Waals surface area (Å²) in [5.74, 6) is -0.175. The lowest BCUT2D eigenvalue weighted by Crippen LogP contribution is -2.48. The van der Waals surface area contributed by atoms with E-state index in [0.717, 1.165) is 12.8 Å². The second-order valence-electron chi connectivity index (χ2n) is 4.43. The fraction of sp³-hybridized carbons (Fsp3) is 0.909. The first kappa shape index (κ1) is 12.5. The van der Waals surface area contributed by atoms with Crippen molar-refractivity contribution in [1.29, 1.82) is 0 Å². The van der Waals surface area contributed by atoms with Gasteiger partial charge in [-0.2, -0.15) is 0 Å². The van der Waals surface area contributed by atoms with Crippen LogP contribution >= 0.6 is 0 Å². The van der Waals surface area contributed by atoms with Crippen molar-refractivity contribution in [1.82, 2.24) is 4.90 Å². The zero-order valence-electron chi connectivity index (χ0n) is 9.77. The Kier molecular flexibility index (Phi) is 4.54. The number of hydrogen-bond donors (Lipinski definition) is 1. The number of hydrogen-bond acceptors (Lipinski definition) is 3. The van der Waals surface area contributed by atoms with E-state index in [1.54, 1.807) is 4.90 Å². The Bertz CT molecular complexity index is 218. The fourth-order valence-electron chi connectivity index (χ4n) is 2.10. The van der Waals surface area contributed by atoms with Gasteiger partial charge >= 0.3 is 0 Å². The summed E-state index contributed by atoms with van der Waals surface area (Å²) in [5, 5.41) is 8.79. The summed E-state index contributed by atoms with van der Waals surface area (Å²) in [5.41, 5.74) is 0. The highest BCUT2D eigenvalue weighted by Gasteiger charge is 2.28. The molecular formula is C11H21NO3. The maximum Gasteiger partial charge on any atom is 0.248 e. The molecule has 0 aromatic rings. The molecule has 1 rings (SSSR count). The van der Waals surface area contributed by atoms with E-state index in [9.17, 15) is 4.79 Å². The number of ether oxygens (including phenoxy) is 1. The van der Waals surface area contributed by atoms with Crippen LogP contribution in [0.5, 0.6) is 0 Å². The summed E-state index contributed by atoms with van der Waals surface area (Å²) in [7, 11) is 0. The molecule has 4 heteroatoms. The van der Waals surface area contributed by atoms with E-state index in [-0.39, 0.29) is 30.8 Å². The smallest absolute Gasteiger partial charge is 0.248 e. The van der Waals surface area contributed by atoms with E-state index in [0.29, 0.717) is 6.54 Å². The number of nitrogens with zero attached hydrogens (tertiary/aromatic N) is 1. The number of amides is 1. The Hall–Kier alpha value is -0.610. The topological polar surface area (TPSA) is 49.8 Å². The molecule has 88 valence electrons. The Balaban J connectivity index is 2.44. The molecule has 1 N–H and O–H groups in total. The first-order chi connectivity index (χ1) is 7.04. The van der Waals surface area contributed by atoms with E-state index < -0.39 is 0 Å². The van der Waals surface area contributed by atoms with Crippen LogP contribution < -0.4 is 0 Å². The molecule has 0 aliphatic carbocycles. The molecule has 1 fully saturated rings. The third-order valence-corrected chi connectivity index (χ3v) is 2.75. The Morgan fingerprint density at radius 3 is 2.73 bits per heavy atom. The molecule has 1 aliphatic rings. The summed E-state index contributed by atoms with van der Waals surface area (Å²) < 4.78 is 5.72. The molecule has 1 saturated heterocycles. The number of aliphatic hydroxyl groups excluding tert-OH is 1. The van der Waals surface area contributed by atoms with Gasteiger partial charge in [-0.3, -0.25) is 4.79 Å². The van der Waals surface area contributed by atoms with E-state index in [1.807, 2.05) is 20.8 Å². The SMILES string of the molecule is CC(C)O[C@@H]1CCN(C(=O)CO)[C@@H](C)C1. The minimum absolute atomic E-state index is 0.169. The van der Waals surface area contributed by atoms with E-state index >= 15 is 0 Å². The molecule has 0 aromatic carbocycles. The lowest BCUT2D eigenvalue weighted by Gasteiger charge is -2.37. The number of carbonyl (C=O) groups excluding carboxylic acids is 1. The lowest BCUT2D eigenvalue weighted by molar-refractivity contribution is -0.140. The molecule has 1 heterocycles. The fourth-order valence-corrected chi connectivity index (χ4v) is 2.10. The van der Waals surface area contributed by atoms with Gasteiger partial charge < -0.3 is 14.7 Å². The zero-order valence-corrected chi connectivity index (χ0v) is 9.77. The highest BCUT2D eigenvalue weighted by molar-refractivity contribution is 5.77. The average Bonchev–Trinajstić information content (AvgIpc) is 2.16. The maximum atomic E-state index is 11.3. The summed E-state index contributed by atoms with van der Waals surface area (Å²) >= 11 is 0. The van der Waals surface area contributed by atoms with Crippen molar-refractivity contribution in [3.8, 4) is 0 Å². The van der Waals surface area contributed by atoms with E-state index in [1.165, 1.54) is 0 Å². The van der Waals surface area contributed by atoms with Crippen LogP contribution in [0.3, 0.4) is 0 Å². The predicted octanol–water partition coefficient (Wildman–Crippen LogP) is 0.783. The molecule has 0 unspecified atom stereocenters. The van der Waals surface area contributed by atoms with Crippen LogP contribution in [-0.4, -0.2) is 47.3 Å². The summed E-state index contributed by atoms with van der Waals surface area (Å²) in [6.07, 6.45) is 2.23. The molecule has 2 atom stereocenters. The van der Waals surface area contributed by atoms with Gasteiger partial charge in [-0.1, -0.05) is 0 Å². The minimum Gasteiger partial charge on any atom is -0.387 e. The summed E-state index contributed by atoms with van der Waals surface area (Å²) in [4.78, 5) is 13.1. The van der Waals surface area contributed by atoms with Crippen LogP contribution in [0.4, 0.5) is 0 Å². The van der Waals surface area contributed by atoms with Gasteiger partial charge in [0.25, 0.3) is 0 Å². The molecule has 0 bridgehead atoms. The standard InChI is InChI=1S/C11H21NO3/c1-8(2)15-10-4-5-12(9(3)6-10)11(14)7-13/h8-10,13H,4-7H2,1-3H3/t9-,10+/m0/s1. The molecule has 0 aromatic heterocycles. The second kappa shape index (κ2) is 5.47. The quantitative estimate of drug-likeness (QED) is 0.757. The van der Waals surface area contributed by atoms with Gasteiger partial charge in [-0.25, -0.2) is 0 Å². The third kappa shape index (κ3) is 3.47. The van der Waals surface area contributed by atoms with Crippen LogP contribution in [0.2, 0.25) is 0 Å². The molecule has 1 aliphatic heterocycles. The number of rotatable bonds is 3. The Labute approximate surface area is 91.2 Å². The average molecular weight is 215 g/mol. The first-order valence-electron chi connectivity index (χ1n) is 5.60. The number of carbonyl (C=O) groups is 1. The number of likely N-dealkylation sites (tertiary alicyclic amines) is 1. The van der Waals surface area contributed by atoms with Crippen molar-refractivity contribution >= 4 is 5.91 Å². The van der Waals surface area contributed by atoms with Gasteiger partial charge in [-0.05, 0) is 33.6 Å². The van der Waals surface area contributed by atoms with Crippen molar-refractivity contribution in [2.45, 2.75) is 51.9 Å². The van der Waals surface area contributed by atoms with E-state index in [2.05, 4.69) is 0 Å². The summed E-state index contributed by atoms with van der Waals surface area (Å²) in [6, 6.07) is 0.169. The van der Waals surface area contributed by atoms with Crippen molar-refractivity contribution < 1.29 is 14.6 Å². The highest BCUT2D eigenvalue weighted by atomic mass is 16.5. The highest BCUT2D eigenvalue weighted by Crippen LogP contribution is 2.20. The lowest BCUT2D eigenvalue weighted by atomic mass is 10.0. The molecule has 0 saturated carbocycles. The molecule has 1 amide bonds. The van der Waals surface area contributed by atoms with Crippen molar-refractivity contribution in [2.24, 2.45) is 0 Å². The Morgan fingerprint density at radius 1 is 1.60 bits per heavy atom. The largest absolute Gasteiger partial charge is 0.387 e. The van der Waals surface area contributed by atoms with Crippen LogP contribution in [0, 0.1) is 0 Å². The molecule has 0 spiro atoms.